The van der Waals surface area contributed by atoms with Crippen molar-refractivity contribution in [1.29, 1.82) is 0 Å². The van der Waals surface area contributed by atoms with E-state index in [2.05, 4.69) is 0 Å². The van der Waals surface area contributed by atoms with Crippen molar-refractivity contribution in [2.75, 3.05) is 11.5 Å². The lowest BCUT2D eigenvalue weighted by Crippen LogP contribution is -2.18. The number of benzene rings is 3. The van der Waals surface area contributed by atoms with E-state index < -0.39 is 45.6 Å². The van der Waals surface area contributed by atoms with Gasteiger partial charge in [-0.05, 0) is 71.8 Å². The molecule has 1 atom stereocenters. The van der Waals surface area contributed by atoms with Crippen molar-refractivity contribution in [3.05, 3.63) is 87.4 Å². The largest absolute Gasteiger partial charge is 0.489 e. The van der Waals surface area contributed by atoms with Crippen LogP contribution in [0.2, 0.25) is 10.0 Å². The number of aliphatic carboxylic acids is 1. The zero-order valence-corrected chi connectivity index (χ0v) is 20.8. The first-order valence-electron chi connectivity index (χ1n) is 10.3. The molecule has 12 heteroatoms. The Balaban J connectivity index is 1.75. The molecule has 6 nitrogen and oxygen atoms in total. The van der Waals surface area contributed by atoms with Crippen LogP contribution in [0.5, 0.6) is 5.75 Å². The number of nitrogens with two attached hydrogens (primary N) is 1. The van der Waals surface area contributed by atoms with Crippen LogP contribution in [-0.4, -0.2) is 25.2 Å². The molecule has 192 valence electrons. The monoisotopic (exact) mass is 561 g/mol. The van der Waals surface area contributed by atoms with Gasteiger partial charge in [0.1, 0.15) is 12.4 Å². The van der Waals surface area contributed by atoms with Gasteiger partial charge in [-0.25, -0.2) is 8.42 Å². The van der Waals surface area contributed by atoms with Gasteiger partial charge in [-0.2, -0.15) is 13.2 Å². The topological polar surface area (TPSA) is 107 Å². The summed E-state index contributed by atoms with van der Waals surface area (Å²) in [5, 5.41) is 9.76. The van der Waals surface area contributed by atoms with Gasteiger partial charge in [0.25, 0.3) is 0 Å². The number of carboxylic acids is 1. The van der Waals surface area contributed by atoms with Crippen LogP contribution in [0.25, 0.3) is 0 Å². The average molecular weight is 562 g/mol. The van der Waals surface area contributed by atoms with Crippen LogP contribution in [0, 0.1) is 0 Å². The van der Waals surface area contributed by atoms with E-state index in [0.717, 1.165) is 12.1 Å². The summed E-state index contributed by atoms with van der Waals surface area (Å²) in [4.78, 5) is 11.3. The highest BCUT2D eigenvalue weighted by Gasteiger charge is 2.31. The standard InChI is InChI=1S/C24H20Cl2F3NO5S/c25-18-7-15(8-19(26)11-18)16(9-23(31)32)13-36(33,34)22-3-1-21(2-4-22)35-12-14-5-17(24(27,28)29)10-20(30)6-14/h1-8,10-11,16H,9,12-13,30H2,(H,31,32). The summed E-state index contributed by atoms with van der Waals surface area (Å²) in [6.45, 7) is -0.226. The number of ether oxygens (including phenoxy) is 1. The molecule has 3 aromatic rings. The van der Waals surface area contributed by atoms with Gasteiger partial charge < -0.3 is 15.6 Å². The number of hydrogen-bond acceptors (Lipinski definition) is 5. The van der Waals surface area contributed by atoms with Gasteiger partial charge >= 0.3 is 12.1 Å². The van der Waals surface area contributed by atoms with Gasteiger partial charge in [0.2, 0.25) is 0 Å². The number of carbonyl (C=O) groups is 1. The third-order valence-electron chi connectivity index (χ3n) is 5.13. The van der Waals surface area contributed by atoms with Gasteiger partial charge in [-0.15, -0.1) is 0 Å². The number of anilines is 1. The Hall–Kier alpha value is -2.95. The third kappa shape index (κ3) is 7.52. The first-order valence-corrected chi connectivity index (χ1v) is 12.7. The van der Waals surface area contributed by atoms with Crippen LogP contribution in [0.3, 0.4) is 0 Å². The summed E-state index contributed by atoms with van der Waals surface area (Å²) in [7, 11) is -3.94. The molecule has 0 heterocycles. The molecule has 0 aliphatic rings. The quantitative estimate of drug-likeness (QED) is 0.301. The maximum atomic E-state index is 13.0. The lowest BCUT2D eigenvalue weighted by molar-refractivity contribution is -0.138. The van der Waals surface area contributed by atoms with E-state index in [4.69, 9.17) is 33.7 Å². The number of sulfone groups is 1. The number of halogens is 5. The molecule has 0 aliphatic carbocycles. The zero-order valence-electron chi connectivity index (χ0n) is 18.4. The molecule has 0 spiro atoms. The summed E-state index contributed by atoms with van der Waals surface area (Å²) < 4.78 is 70.4. The van der Waals surface area contributed by atoms with Crippen molar-refractivity contribution >= 4 is 44.7 Å². The second-order valence-electron chi connectivity index (χ2n) is 8.00. The fraction of sp³-hybridized carbons (Fsp3) is 0.208. The lowest BCUT2D eigenvalue weighted by Gasteiger charge is -2.17. The minimum atomic E-state index is -4.56. The molecule has 0 saturated carbocycles. The molecule has 1 unspecified atom stereocenters. The van der Waals surface area contributed by atoms with E-state index in [1.165, 1.54) is 48.5 Å². The van der Waals surface area contributed by atoms with Crippen molar-refractivity contribution in [2.24, 2.45) is 0 Å². The van der Waals surface area contributed by atoms with Crippen LogP contribution >= 0.6 is 23.2 Å². The molecule has 3 N–H and O–H groups in total. The maximum absolute atomic E-state index is 13.0. The van der Waals surface area contributed by atoms with Crippen LogP contribution in [0.4, 0.5) is 18.9 Å². The Bertz CT molecular complexity index is 1340. The molecule has 0 saturated heterocycles. The van der Waals surface area contributed by atoms with Crippen LogP contribution in [0.1, 0.15) is 29.0 Å². The third-order valence-corrected chi connectivity index (χ3v) is 7.40. The Morgan fingerprint density at radius 1 is 1.00 bits per heavy atom. The Labute approximate surface area is 215 Å². The number of carboxylic acid groups (broad SMARTS) is 1. The van der Waals surface area contributed by atoms with Crippen molar-refractivity contribution in [2.45, 2.75) is 30.0 Å². The molecular formula is C24H20Cl2F3NO5S. The minimum absolute atomic E-state index is 0.0678. The van der Waals surface area contributed by atoms with Crippen molar-refractivity contribution in [1.82, 2.24) is 0 Å². The first kappa shape index (κ1) is 27.6. The summed E-state index contributed by atoms with van der Waals surface area (Å²) in [6, 6.07) is 12.7. The van der Waals surface area contributed by atoms with Gasteiger partial charge in [0.15, 0.2) is 9.84 Å². The summed E-state index contributed by atoms with van der Waals surface area (Å²) in [5.41, 5.74) is 5.14. The van der Waals surface area contributed by atoms with Gasteiger partial charge in [-0.1, -0.05) is 23.2 Å². The highest BCUT2D eigenvalue weighted by atomic mass is 35.5. The number of rotatable bonds is 9. The lowest BCUT2D eigenvalue weighted by atomic mass is 9.98. The first-order chi connectivity index (χ1) is 16.7. The fourth-order valence-electron chi connectivity index (χ4n) is 3.53. The molecule has 0 bridgehead atoms. The highest BCUT2D eigenvalue weighted by Crippen LogP contribution is 2.32. The molecule has 0 radical (unpaired) electrons. The average Bonchev–Trinajstić information content (AvgIpc) is 2.75. The van der Waals surface area contributed by atoms with Crippen molar-refractivity contribution in [3.8, 4) is 5.75 Å². The molecule has 3 aromatic carbocycles. The normalized spacial score (nSPS) is 12.8. The molecule has 0 amide bonds. The van der Waals surface area contributed by atoms with E-state index in [0.29, 0.717) is 5.56 Å². The number of nitrogen functional groups attached to an aromatic ring is 1. The summed E-state index contributed by atoms with van der Waals surface area (Å²) in [6.07, 6.45) is -5.02. The second-order valence-corrected chi connectivity index (χ2v) is 10.9. The summed E-state index contributed by atoms with van der Waals surface area (Å²) in [5.74, 6) is -2.40. The van der Waals surface area contributed by atoms with E-state index in [-0.39, 0.29) is 38.5 Å². The minimum Gasteiger partial charge on any atom is -0.489 e. The summed E-state index contributed by atoms with van der Waals surface area (Å²) >= 11 is 12.0. The van der Waals surface area contributed by atoms with Crippen molar-refractivity contribution in [3.63, 3.8) is 0 Å². The Kier molecular flexibility index (Phi) is 8.43. The van der Waals surface area contributed by atoms with E-state index in [9.17, 15) is 31.5 Å². The van der Waals surface area contributed by atoms with E-state index in [1.807, 2.05) is 0 Å². The van der Waals surface area contributed by atoms with Crippen LogP contribution in [-0.2, 0) is 27.4 Å². The van der Waals surface area contributed by atoms with Gasteiger partial charge in [0.05, 0.1) is 22.6 Å². The van der Waals surface area contributed by atoms with Gasteiger partial charge in [0, 0.05) is 21.7 Å². The Morgan fingerprint density at radius 2 is 1.61 bits per heavy atom. The zero-order chi connectivity index (χ0) is 26.7. The number of hydrogen-bond donors (Lipinski definition) is 2. The number of alkyl halides is 3. The Morgan fingerprint density at radius 3 is 2.17 bits per heavy atom. The second kappa shape index (κ2) is 11.0. The van der Waals surface area contributed by atoms with Gasteiger partial charge in [-0.3, -0.25) is 4.79 Å². The highest BCUT2D eigenvalue weighted by molar-refractivity contribution is 7.91. The predicted octanol–water partition coefficient (Wildman–Crippen LogP) is 6.21. The molecule has 0 aromatic heterocycles. The molecule has 36 heavy (non-hydrogen) atoms. The van der Waals surface area contributed by atoms with E-state index in [1.54, 1.807) is 0 Å². The molecule has 0 fully saturated rings. The van der Waals surface area contributed by atoms with E-state index >= 15 is 0 Å². The fourth-order valence-corrected chi connectivity index (χ4v) is 5.66. The maximum Gasteiger partial charge on any atom is 0.416 e. The smallest absolute Gasteiger partial charge is 0.416 e. The molecule has 3 rings (SSSR count). The predicted molar refractivity (Wildman–Crippen MR) is 130 cm³/mol. The SMILES string of the molecule is Nc1cc(COc2ccc(S(=O)(=O)CC(CC(=O)O)c3cc(Cl)cc(Cl)c3)cc2)cc(C(F)(F)F)c1. The molecule has 0 aliphatic heterocycles. The van der Waals surface area contributed by atoms with Crippen LogP contribution in [0.15, 0.2) is 65.6 Å². The van der Waals surface area contributed by atoms with Crippen molar-refractivity contribution < 1.29 is 36.2 Å². The molecular weight excluding hydrogens is 542 g/mol. The van der Waals surface area contributed by atoms with Crippen LogP contribution < -0.4 is 10.5 Å².